The first-order chi connectivity index (χ1) is 12.9. The third-order valence-electron chi connectivity index (χ3n) is 4.93. The zero-order chi connectivity index (χ0) is 19.3. The Kier molecular flexibility index (Phi) is 3.81. The second-order valence-electron chi connectivity index (χ2n) is 6.76. The quantitative estimate of drug-likeness (QED) is 0.722. The van der Waals surface area contributed by atoms with Crippen LogP contribution in [0.4, 0.5) is 5.69 Å². The second kappa shape index (κ2) is 6.06. The van der Waals surface area contributed by atoms with E-state index in [1.165, 1.54) is 6.92 Å². The van der Waals surface area contributed by atoms with Gasteiger partial charge in [0.2, 0.25) is 0 Å². The molecule has 0 radical (unpaired) electrons. The molecule has 0 saturated heterocycles. The van der Waals surface area contributed by atoms with Crippen LogP contribution in [0.1, 0.15) is 38.8 Å². The van der Waals surface area contributed by atoms with Gasteiger partial charge in [0.15, 0.2) is 0 Å². The number of hydrogen-bond donors (Lipinski definition) is 1. The summed E-state index contributed by atoms with van der Waals surface area (Å²) in [6.07, 6.45) is 0.299. The normalized spacial score (nSPS) is 13.3. The number of anilines is 1. The lowest BCUT2D eigenvalue weighted by atomic mass is 9.95. The molecule has 1 aliphatic rings. The molecule has 27 heavy (non-hydrogen) atoms. The number of phenols is 1. The molecule has 0 unspecified atom stereocenters. The minimum Gasteiger partial charge on any atom is -0.506 e. The SMILES string of the molecule is CC(=O)Cc1ccc(N2C(=O)c3c(c(O)c4ccccc4c3C)C2=O)cc1. The maximum Gasteiger partial charge on any atom is 0.269 e. The third-order valence-corrected chi connectivity index (χ3v) is 4.93. The maximum atomic E-state index is 13.0. The second-order valence-corrected chi connectivity index (χ2v) is 6.76. The Bertz CT molecular complexity index is 1070. The highest BCUT2D eigenvalue weighted by atomic mass is 16.3. The van der Waals surface area contributed by atoms with Gasteiger partial charge in [-0.1, -0.05) is 36.4 Å². The molecule has 5 heteroatoms. The number of carbonyl (C=O) groups is 3. The zero-order valence-corrected chi connectivity index (χ0v) is 14.9. The molecule has 134 valence electrons. The highest BCUT2D eigenvalue weighted by Crippen LogP contribution is 2.41. The molecule has 3 aromatic rings. The Morgan fingerprint density at radius 1 is 0.926 bits per heavy atom. The predicted octanol–water partition coefficient (Wildman–Crippen LogP) is 3.79. The van der Waals surface area contributed by atoms with E-state index in [4.69, 9.17) is 0 Å². The summed E-state index contributed by atoms with van der Waals surface area (Å²) in [5, 5.41) is 11.9. The number of nitrogens with zero attached hydrogens (tertiary/aromatic N) is 1. The van der Waals surface area contributed by atoms with Crippen LogP contribution < -0.4 is 4.90 Å². The fourth-order valence-electron chi connectivity index (χ4n) is 3.67. The molecule has 0 aliphatic carbocycles. The highest BCUT2D eigenvalue weighted by molar-refractivity contribution is 6.37. The third kappa shape index (κ3) is 2.51. The van der Waals surface area contributed by atoms with E-state index in [9.17, 15) is 19.5 Å². The Labute approximate surface area is 155 Å². The number of imide groups is 1. The molecule has 0 bridgehead atoms. The number of Topliss-reactive ketones (excluding diaryl/α,β-unsaturated/α-hetero) is 1. The number of aryl methyl sites for hydroxylation is 1. The molecule has 2 amide bonds. The summed E-state index contributed by atoms with van der Waals surface area (Å²) in [5.41, 5.74) is 2.18. The lowest BCUT2D eigenvalue weighted by molar-refractivity contribution is -0.116. The minimum absolute atomic E-state index is 0.0377. The smallest absolute Gasteiger partial charge is 0.269 e. The zero-order valence-electron chi connectivity index (χ0n) is 14.9. The van der Waals surface area contributed by atoms with Crippen LogP contribution in [0.25, 0.3) is 10.8 Å². The van der Waals surface area contributed by atoms with Crippen LogP contribution in [0.15, 0.2) is 48.5 Å². The van der Waals surface area contributed by atoms with Crippen molar-refractivity contribution in [3.8, 4) is 5.75 Å². The van der Waals surface area contributed by atoms with E-state index in [2.05, 4.69) is 0 Å². The van der Waals surface area contributed by atoms with E-state index >= 15 is 0 Å². The van der Waals surface area contributed by atoms with Crippen molar-refractivity contribution in [3.63, 3.8) is 0 Å². The number of ketones is 1. The highest BCUT2D eigenvalue weighted by Gasteiger charge is 2.41. The average Bonchev–Trinajstić information content (AvgIpc) is 2.91. The summed E-state index contributed by atoms with van der Waals surface area (Å²) in [6, 6.07) is 13.9. The minimum atomic E-state index is -0.541. The molecule has 1 heterocycles. The predicted molar refractivity (Wildman–Crippen MR) is 102 cm³/mol. The molecule has 1 N–H and O–H groups in total. The lowest BCUT2D eigenvalue weighted by Crippen LogP contribution is -2.29. The van der Waals surface area contributed by atoms with Gasteiger partial charge in [-0.2, -0.15) is 0 Å². The van der Waals surface area contributed by atoms with Crippen molar-refractivity contribution in [3.05, 3.63) is 70.8 Å². The van der Waals surface area contributed by atoms with Gasteiger partial charge in [0.1, 0.15) is 11.5 Å². The average molecular weight is 359 g/mol. The molecule has 0 fully saturated rings. The summed E-state index contributed by atoms with van der Waals surface area (Å²) in [5.74, 6) is -1.12. The van der Waals surface area contributed by atoms with Gasteiger partial charge in [-0.15, -0.1) is 0 Å². The summed E-state index contributed by atoms with van der Waals surface area (Å²) in [4.78, 5) is 38.3. The van der Waals surface area contributed by atoms with Gasteiger partial charge in [-0.3, -0.25) is 14.4 Å². The molecule has 1 aliphatic heterocycles. The van der Waals surface area contributed by atoms with E-state index in [1.54, 1.807) is 43.3 Å². The number of rotatable bonds is 3. The Hall–Kier alpha value is -3.47. The van der Waals surface area contributed by atoms with Crippen LogP contribution in [0.5, 0.6) is 5.75 Å². The van der Waals surface area contributed by atoms with Crippen LogP contribution in [0.3, 0.4) is 0 Å². The number of carbonyl (C=O) groups excluding carboxylic acids is 3. The first-order valence-electron chi connectivity index (χ1n) is 8.61. The number of fused-ring (bicyclic) bond motifs is 2. The Morgan fingerprint density at radius 3 is 2.15 bits per heavy atom. The maximum absolute atomic E-state index is 13.0. The number of phenolic OH excluding ortho intramolecular Hbond substituents is 1. The summed E-state index contributed by atoms with van der Waals surface area (Å²) in [6.45, 7) is 3.29. The molecule has 0 atom stereocenters. The monoisotopic (exact) mass is 359 g/mol. The van der Waals surface area contributed by atoms with Crippen LogP contribution in [-0.4, -0.2) is 22.7 Å². The van der Waals surface area contributed by atoms with E-state index in [0.29, 0.717) is 23.1 Å². The molecule has 4 rings (SSSR count). The van der Waals surface area contributed by atoms with Gasteiger partial charge < -0.3 is 5.11 Å². The van der Waals surface area contributed by atoms with Gasteiger partial charge >= 0.3 is 0 Å². The van der Waals surface area contributed by atoms with Gasteiger partial charge in [0, 0.05) is 11.8 Å². The number of hydrogen-bond acceptors (Lipinski definition) is 4. The number of amides is 2. The topological polar surface area (TPSA) is 74.7 Å². The fraction of sp³-hybridized carbons (Fsp3) is 0.136. The van der Waals surface area contributed by atoms with Crippen molar-refractivity contribution < 1.29 is 19.5 Å². The van der Waals surface area contributed by atoms with Crippen molar-refractivity contribution >= 4 is 34.1 Å². The Balaban J connectivity index is 1.84. The van der Waals surface area contributed by atoms with Gasteiger partial charge in [0.25, 0.3) is 11.8 Å². The van der Waals surface area contributed by atoms with E-state index in [1.807, 2.05) is 12.1 Å². The number of benzene rings is 3. The molecule has 3 aromatic carbocycles. The Morgan fingerprint density at radius 2 is 1.52 bits per heavy atom. The molecule has 0 saturated carbocycles. The van der Waals surface area contributed by atoms with Gasteiger partial charge in [-0.25, -0.2) is 4.90 Å². The van der Waals surface area contributed by atoms with E-state index < -0.39 is 11.8 Å². The van der Waals surface area contributed by atoms with Gasteiger partial charge in [0.05, 0.1) is 16.8 Å². The molecule has 0 spiro atoms. The fourth-order valence-corrected chi connectivity index (χ4v) is 3.67. The first kappa shape index (κ1) is 17.0. The molecular formula is C22H17NO4. The van der Waals surface area contributed by atoms with Crippen LogP contribution in [0.2, 0.25) is 0 Å². The largest absolute Gasteiger partial charge is 0.506 e. The van der Waals surface area contributed by atoms with Crippen LogP contribution in [0, 0.1) is 6.92 Å². The van der Waals surface area contributed by atoms with Gasteiger partial charge in [-0.05, 0) is 42.5 Å². The lowest BCUT2D eigenvalue weighted by Gasteiger charge is -2.14. The number of aromatic hydroxyl groups is 1. The van der Waals surface area contributed by atoms with Crippen molar-refractivity contribution in [2.45, 2.75) is 20.3 Å². The van der Waals surface area contributed by atoms with E-state index in [0.717, 1.165) is 15.8 Å². The van der Waals surface area contributed by atoms with Crippen molar-refractivity contribution in [1.29, 1.82) is 0 Å². The first-order valence-corrected chi connectivity index (χ1v) is 8.61. The van der Waals surface area contributed by atoms with Crippen molar-refractivity contribution in [2.75, 3.05) is 4.90 Å². The van der Waals surface area contributed by atoms with Crippen molar-refractivity contribution in [1.82, 2.24) is 0 Å². The molecule has 5 nitrogen and oxygen atoms in total. The van der Waals surface area contributed by atoms with E-state index in [-0.39, 0.29) is 22.7 Å². The summed E-state index contributed by atoms with van der Waals surface area (Å²) >= 11 is 0. The van der Waals surface area contributed by atoms with Crippen LogP contribution in [-0.2, 0) is 11.2 Å². The molecule has 0 aromatic heterocycles. The summed E-state index contributed by atoms with van der Waals surface area (Å²) in [7, 11) is 0. The molecular weight excluding hydrogens is 342 g/mol. The summed E-state index contributed by atoms with van der Waals surface area (Å²) < 4.78 is 0. The standard InChI is InChI=1S/C22H17NO4/c1-12(24)11-14-7-9-15(10-8-14)23-21(26)18-13(2)16-5-3-4-6-17(16)20(25)19(18)22(23)27/h3-10,25H,11H2,1-2H3. The van der Waals surface area contributed by atoms with Crippen molar-refractivity contribution in [2.24, 2.45) is 0 Å². The van der Waals surface area contributed by atoms with Crippen LogP contribution >= 0.6 is 0 Å².